The smallest absolute Gasteiger partial charge is 0.322 e. The number of benzene rings is 2. The van der Waals surface area contributed by atoms with Crippen molar-refractivity contribution >= 4 is 45.3 Å². The fourth-order valence-electron chi connectivity index (χ4n) is 3.67. The average molecular weight is 558 g/mol. The van der Waals surface area contributed by atoms with Gasteiger partial charge in [0.15, 0.2) is 17.6 Å². The Balaban J connectivity index is 2.22. The molecule has 1 heterocycles. The van der Waals surface area contributed by atoms with Crippen LogP contribution < -0.4 is 14.8 Å². The maximum atomic E-state index is 14.7. The Bertz CT molecular complexity index is 1130. The van der Waals surface area contributed by atoms with E-state index in [1.54, 1.807) is 26.0 Å². The van der Waals surface area contributed by atoms with Gasteiger partial charge in [-0.25, -0.2) is 4.39 Å². The minimum atomic E-state index is -1.33. The van der Waals surface area contributed by atoms with Crippen molar-refractivity contribution in [3.05, 3.63) is 56.8 Å². The average Bonchev–Trinajstić information content (AvgIpc) is 2.88. The van der Waals surface area contributed by atoms with Crippen LogP contribution >= 0.6 is 27.5 Å². The van der Waals surface area contributed by atoms with Crippen LogP contribution in [0.3, 0.4) is 0 Å². The Kier molecular flexibility index (Phi) is 8.04. The number of carbonyl (C=O) groups excluding carboxylic acids is 2. The van der Waals surface area contributed by atoms with Gasteiger partial charge in [-0.05, 0) is 30.2 Å². The molecule has 2 amide bonds. The van der Waals surface area contributed by atoms with Crippen molar-refractivity contribution in [2.24, 2.45) is 5.92 Å². The largest absolute Gasteiger partial charge is 0.493 e. The summed E-state index contributed by atoms with van der Waals surface area (Å²) in [5, 5.41) is 11.6. The molecule has 34 heavy (non-hydrogen) atoms. The number of ether oxygens (including phenoxy) is 2. The molecule has 0 saturated carbocycles. The molecule has 8 nitrogen and oxygen atoms in total. The molecule has 2 unspecified atom stereocenters. The Hall–Kier alpha value is -2.85. The molecule has 0 radical (unpaired) electrons. The molecule has 3 rings (SSSR count). The second-order valence-electron chi connectivity index (χ2n) is 8.02. The highest BCUT2D eigenvalue weighted by atomic mass is 79.9. The number of fused-ring (bicyclic) bond motifs is 1. The Labute approximate surface area is 209 Å². The number of halogens is 3. The van der Waals surface area contributed by atoms with Gasteiger partial charge in [0.2, 0.25) is 5.91 Å². The van der Waals surface area contributed by atoms with Gasteiger partial charge in [-0.3, -0.25) is 14.4 Å². The third-order valence-electron chi connectivity index (χ3n) is 5.27. The summed E-state index contributed by atoms with van der Waals surface area (Å²) in [4.78, 5) is 39.3. The van der Waals surface area contributed by atoms with Crippen LogP contribution in [-0.4, -0.2) is 47.5 Å². The summed E-state index contributed by atoms with van der Waals surface area (Å²) in [6.07, 6.45) is -1.01. The fraction of sp³-hybridized carbons (Fsp3) is 0.348. The van der Waals surface area contributed by atoms with Crippen molar-refractivity contribution in [1.82, 2.24) is 10.2 Å². The molecule has 2 N–H and O–H groups in total. The zero-order valence-corrected chi connectivity index (χ0v) is 20.9. The van der Waals surface area contributed by atoms with E-state index in [2.05, 4.69) is 21.2 Å². The van der Waals surface area contributed by atoms with E-state index in [0.29, 0.717) is 4.47 Å². The summed E-state index contributed by atoms with van der Waals surface area (Å²) in [5.41, 5.74) is 0.390. The standard InChI is InChI=1S/C23H23BrClFN2O6/c1-11(2)20-23(32)28(10-12-4-5-14(25)8-16(12)26)19(22(31)27-9-18(29)30)15-6-13(24)7-17(33-3)21(15)34-20/h4-8,11,19-20H,9-10H2,1-3H3,(H,27,31)(H,29,30). The van der Waals surface area contributed by atoms with Crippen LogP contribution in [0.5, 0.6) is 11.5 Å². The van der Waals surface area contributed by atoms with Gasteiger partial charge in [-0.2, -0.15) is 0 Å². The molecule has 0 aliphatic carbocycles. The van der Waals surface area contributed by atoms with Crippen LogP contribution in [0.2, 0.25) is 5.02 Å². The van der Waals surface area contributed by atoms with Crippen LogP contribution in [-0.2, 0) is 20.9 Å². The lowest BCUT2D eigenvalue weighted by Gasteiger charge is -2.31. The maximum Gasteiger partial charge on any atom is 0.322 e. The summed E-state index contributed by atoms with van der Waals surface area (Å²) in [5.74, 6) is -3.10. The summed E-state index contributed by atoms with van der Waals surface area (Å²) < 4.78 is 26.8. The quantitative estimate of drug-likeness (QED) is 0.534. The minimum absolute atomic E-state index is 0.127. The molecule has 0 aromatic heterocycles. The number of aliphatic carboxylic acids is 1. The second-order valence-corrected chi connectivity index (χ2v) is 9.38. The predicted octanol–water partition coefficient (Wildman–Crippen LogP) is 3.94. The first-order chi connectivity index (χ1) is 16.0. The molecule has 182 valence electrons. The monoisotopic (exact) mass is 556 g/mol. The molecular formula is C23H23BrClFN2O6. The molecule has 11 heteroatoms. The first-order valence-corrected chi connectivity index (χ1v) is 11.5. The van der Waals surface area contributed by atoms with Gasteiger partial charge in [-0.15, -0.1) is 0 Å². The number of carboxylic acids is 1. The SMILES string of the molecule is COc1cc(Br)cc2c1OC(C(C)C)C(=O)N(Cc1ccc(Cl)cc1F)C2C(=O)NCC(=O)O. The summed E-state index contributed by atoms with van der Waals surface area (Å²) >= 11 is 9.24. The first kappa shape index (κ1) is 25.8. The lowest BCUT2D eigenvalue weighted by molar-refractivity contribution is -0.147. The molecule has 1 aliphatic heterocycles. The summed E-state index contributed by atoms with van der Waals surface area (Å²) in [7, 11) is 1.42. The van der Waals surface area contributed by atoms with Gasteiger partial charge < -0.3 is 24.8 Å². The lowest BCUT2D eigenvalue weighted by Crippen LogP contribution is -2.48. The van der Waals surface area contributed by atoms with Gasteiger partial charge in [0.25, 0.3) is 5.91 Å². The van der Waals surface area contributed by atoms with Gasteiger partial charge in [-0.1, -0.05) is 47.4 Å². The minimum Gasteiger partial charge on any atom is -0.493 e. The van der Waals surface area contributed by atoms with Gasteiger partial charge in [0, 0.05) is 27.2 Å². The normalized spacial score (nSPS) is 17.6. The maximum absolute atomic E-state index is 14.7. The molecule has 2 aromatic carbocycles. The highest BCUT2D eigenvalue weighted by molar-refractivity contribution is 9.10. The van der Waals surface area contributed by atoms with E-state index < -0.39 is 42.3 Å². The Morgan fingerprint density at radius 3 is 2.62 bits per heavy atom. The van der Waals surface area contributed by atoms with Crippen molar-refractivity contribution < 1.29 is 33.4 Å². The van der Waals surface area contributed by atoms with Gasteiger partial charge in [0.1, 0.15) is 18.4 Å². The highest BCUT2D eigenvalue weighted by Gasteiger charge is 2.43. The third kappa shape index (κ3) is 5.44. The Morgan fingerprint density at radius 1 is 1.32 bits per heavy atom. The number of hydrogen-bond acceptors (Lipinski definition) is 5. The van der Waals surface area contributed by atoms with Crippen LogP contribution in [0.15, 0.2) is 34.8 Å². The molecule has 2 aromatic rings. The zero-order valence-electron chi connectivity index (χ0n) is 18.6. The molecule has 0 spiro atoms. The number of carboxylic acid groups (broad SMARTS) is 1. The van der Waals surface area contributed by atoms with Crippen molar-refractivity contribution in [2.45, 2.75) is 32.5 Å². The van der Waals surface area contributed by atoms with Crippen molar-refractivity contribution in [1.29, 1.82) is 0 Å². The Morgan fingerprint density at radius 2 is 2.03 bits per heavy atom. The van der Waals surface area contributed by atoms with E-state index in [0.717, 1.165) is 6.07 Å². The van der Waals surface area contributed by atoms with E-state index in [9.17, 15) is 18.8 Å². The van der Waals surface area contributed by atoms with Gasteiger partial charge >= 0.3 is 5.97 Å². The molecule has 0 fully saturated rings. The number of hydrogen-bond donors (Lipinski definition) is 2. The predicted molar refractivity (Wildman–Crippen MR) is 125 cm³/mol. The molecule has 1 aliphatic rings. The van der Waals surface area contributed by atoms with Crippen LogP contribution in [0.4, 0.5) is 4.39 Å². The van der Waals surface area contributed by atoms with Crippen LogP contribution in [0.25, 0.3) is 0 Å². The van der Waals surface area contributed by atoms with E-state index >= 15 is 0 Å². The molecule has 0 bridgehead atoms. The first-order valence-electron chi connectivity index (χ1n) is 10.3. The van der Waals surface area contributed by atoms with Crippen molar-refractivity contribution in [3.8, 4) is 11.5 Å². The number of nitrogens with one attached hydrogen (secondary N) is 1. The molecule has 2 atom stereocenters. The van der Waals surface area contributed by atoms with Crippen LogP contribution in [0.1, 0.15) is 31.0 Å². The molecular weight excluding hydrogens is 535 g/mol. The van der Waals surface area contributed by atoms with Gasteiger partial charge in [0.05, 0.1) is 7.11 Å². The second kappa shape index (κ2) is 10.6. The van der Waals surface area contributed by atoms with Crippen LogP contribution in [0, 0.1) is 11.7 Å². The van der Waals surface area contributed by atoms with E-state index in [-0.39, 0.29) is 40.1 Å². The van der Waals surface area contributed by atoms with E-state index in [1.165, 1.54) is 24.1 Å². The summed E-state index contributed by atoms with van der Waals surface area (Å²) in [6, 6.07) is 5.91. The number of rotatable bonds is 7. The highest BCUT2D eigenvalue weighted by Crippen LogP contribution is 2.44. The summed E-state index contributed by atoms with van der Waals surface area (Å²) in [6.45, 7) is 2.61. The van der Waals surface area contributed by atoms with E-state index in [4.69, 9.17) is 26.2 Å². The number of nitrogens with zero attached hydrogens (tertiary/aromatic N) is 1. The topological polar surface area (TPSA) is 105 Å². The zero-order chi connectivity index (χ0) is 25.2. The fourth-order valence-corrected chi connectivity index (χ4v) is 4.28. The third-order valence-corrected chi connectivity index (χ3v) is 5.96. The lowest BCUT2D eigenvalue weighted by atomic mass is 10.0. The van der Waals surface area contributed by atoms with E-state index in [1.807, 2.05) is 0 Å². The number of amides is 2. The van der Waals surface area contributed by atoms with Crippen molar-refractivity contribution in [3.63, 3.8) is 0 Å². The molecule has 0 saturated heterocycles. The number of carbonyl (C=O) groups is 3. The van der Waals surface area contributed by atoms with Crippen molar-refractivity contribution in [2.75, 3.05) is 13.7 Å². The number of methoxy groups -OCH3 is 1.